The third-order valence-electron chi connectivity index (χ3n) is 12.6. The normalized spacial score (nSPS) is 13.2. The maximum Gasteiger partial charge on any atom is 0.306 e. The van der Waals surface area contributed by atoms with Crippen molar-refractivity contribution in [3.63, 3.8) is 0 Å². The van der Waals surface area contributed by atoms with Gasteiger partial charge in [0, 0.05) is 6.42 Å². The highest BCUT2D eigenvalue weighted by Crippen LogP contribution is 2.18. The minimum atomic E-state index is -0.784. The number of ether oxygens (including phenoxy) is 1. The number of allylic oxidation sites excluding steroid dienone is 2. The van der Waals surface area contributed by atoms with Crippen LogP contribution in [0.4, 0.5) is 0 Å². The quantitative estimate of drug-likeness (QED) is 0.0322. The van der Waals surface area contributed by atoms with E-state index >= 15 is 0 Å². The molecule has 3 atom stereocenters. The van der Waals surface area contributed by atoms with Crippen LogP contribution in [-0.4, -0.2) is 46.9 Å². The molecule has 356 valence electrons. The number of hydrogen-bond acceptors (Lipinski definition) is 5. The second-order valence-corrected chi connectivity index (χ2v) is 18.6. The summed E-state index contributed by atoms with van der Waals surface area (Å²) >= 11 is 0. The second-order valence-electron chi connectivity index (χ2n) is 18.6. The predicted octanol–water partition coefficient (Wildman–Crippen LogP) is 16.1. The number of carbonyl (C=O) groups is 2. The van der Waals surface area contributed by atoms with Crippen LogP contribution < -0.4 is 5.32 Å². The van der Waals surface area contributed by atoms with Gasteiger partial charge in [-0.3, -0.25) is 9.59 Å². The maximum atomic E-state index is 13.2. The van der Waals surface area contributed by atoms with Gasteiger partial charge in [-0.1, -0.05) is 245 Å². The molecule has 0 rings (SSSR count). The Bertz CT molecular complexity index is 909. The van der Waals surface area contributed by atoms with E-state index < -0.39 is 18.2 Å². The van der Waals surface area contributed by atoms with E-state index in [2.05, 4.69) is 38.2 Å². The lowest BCUT2D eigenvalue weighted by atomic mass is 10.0. The van der Waals surface area contributed by atoms with Gasteiger partial charge in [-0.2, -0.15) is 0 Å². The van der Waals surface area contributed by atoms with Crippen molar-refractivity contribution in [2.75, 3.05) is 6.61 Å². The van der Waals surface area contributed by atoms with Crippen LogP contribution in [0.2, 0.25) is 0 Å². The van der Waals surface area contributed by atoms with Crippen molar-refractivity contribution in [1.29, 1.82) is 0 Å². The molecule has 0 aliphatic carbocycles. The number of aliphatic hydroxyl groups excluding tert-OH is 2. The van der Waals surface area contributed by atoms with Crippen molar-refractivity contribution in [3.8, 4) is 0 Å². The summed E-state index contributed by atoms with van der Waals surface area (Å²) in [6.07, 6.45) is 54.1. The molecule has 0 aromatic heterocycles. The van der Waals surface area contributed by atoms with Crippen molar-refractivity contribution in [2.24, 2.45) is 0 Å². The number of rotatable bonds is 49. The largest absolute Gasteiger partial charge is 0.462 e. The summed E-state index contributed by atoms with van der Waals surface area (Å²) in [7, 11) is 0. The van der Waals surface area contributed by atoms with Gasteiger partial charge in [0.05, 0.1) is 25.2 Å². The Morgan fingerprint density at radius 1 is 0.467 bits per heavy atom. The summed E-state index contributed by atoms with van der Waals surface area (Å²) in [5, 5.41) is 23.8. The molecule has 6 heteroatoms. The van der Waals surface area contributed by atoms with Gasteiger partial charge in [-0.05, 0) is 51.4 Å². The Balaban J connectivity index is 4.55. The molecule has 3 unspecified atom stereocenters. The first-order valence-electron chi connectivity index (χ1n) is 26.9. The van der Waals surface area contributed by atoms with E-state index in [-0.39, 0.29) is 24.9 Å². The molecule has 60 heavy (non-hydrogen) atoms. The van der Waals surface area contributed by atoms with Crippen molar-refractivity contribution in [3.05, 3.63) is 12.2 Å². The molecular formula is C54H105NO5. The third kappa shape index (κ3) is 43.3. The van der Waals surface area contributed by atoms with Crippen molar-refractivity contribution >= 4 is 11.9 Å². The Hall–Kier alpha value is -1.40. The monoisotopic (exact) mass is 848 g/mol. The van der Waals surface area contributed by atoms with Crippen LogP contribution in [0, 0.1) is 0 Å². The summed E-state index contributed by atoms with van der Waals surface area (Å²) in [6.45, 7) is 6.50. The second kappa shape index (κ2) is 48.6. The number of esters is 1. The highest BCUT2D eigenvalue weighted by Gasteiger charge is 2.24. The molecule has 0 aliphatic heterocycles. The average molecular weight is 848 g/mol. The van der Waals surface area contributed by atoms with E-state index in [1.807, 2.05) is 0 Å². The average Bonchev–Trinajstić information content (AvgIpc) is 3.24. The lowest BCUT2D eigenvalue weighted by molar-refractivity contribution is -0.151. The molecule has 0 heterocycles. The smallest absolute Gasteiger partial charge is 0.306 e. The van der Waals surface area contributed by atoms with Gasteiger partial charge in [0.2, 0.25) is 5.91 Å². The van der Waals surface area contributed by atoms with Crippen LogP contribution in [0.25, 0.3) is 0 Å². The Morgan fingerprint density at radius 3 is 1.18 bits per heavy atom. The molecule has 6 nitrogen and oxygen atoms in total. The van der Waals surface area contributed by atoms with Gasteiger partial charge in [0.1, 0.15) is 6.10 Å². The molecule has 0 saturated heterocycles. The van der Waals surface area contributed by atoms with Crippen LogP contribution in [0.3, 0.4) is 0 Å². The molecule has 0 radical (unpaired) electrons. The summed E-state index contributed by atoms with van der Waals surface area (Å²) in [5.41, 5.74) is 0. The highest BCUT2D eigenvalue weighted by atomic mass is 16.5. The van der Waals surface area contributed by atoms with Crippen molar-refractivity contribution < 1.29 is 24.5 Å². The maximum absolute atomic E-state index is 13.2. The molecular weight excluding hydrogens is 743 g/mol. The summed E-state index contributed by atoms with van der Waals surface area (Å²) in [4.78, 5) is 26.2. The highest BCUT2D eigenvalue weighted by molar-refractivity contribution is 5.77. The fraction of sp³-hybridized carbons (Fsp3) is 0.926. The van der Waals surface area contributed by atoms with Gasteiger partial charge in [-0.25, -0.2) is 0 Å². The predicted molar refractivity (Wildman–Crippen MR) is 260 cm³/mol. The summed E-state index contributed by atoms with van der Waals surface area (Å²) in [5.74, 6) is -0.463. The Labute approximate surface area is 374 Å². The number of aliphatic hydroxyl groups is 2. The number of hydrogen-bond donors (Lipinski definition) is 3. The van der Waals surface area contributed by atoms with Gasteiger partial charge < -0.3 is 20.3 Å². The lowest BCUT2D eigenvalue weighted by Crippen LogP contribution is -2.46. The van der Waals surface area contributed by atoms with E-state index in [4.69, 9.17) is 4.74 Å². The van der Waals surface area contributed by atoms with Crippen LogP contribution in [0.1, 0.15) is 297 Å². The number of unbranched alkanes of at least 4 members (excludes halogenated alkanes) is 35. The fourth-order valence-electron chi connectivity index (χ4n) is 8.49. The molecule has 3 N–H and O–H groups in total. The molecule has 0 aromatic carbocycles. The Kier molecular flexibility index (Phi) is 47.5. The molecule has 0 spiro atoms. The minimum Gasteiger partial charge on any atom is -0.462 e. The summed E-state index contributed by atoms with van der Waals surface area (Å²) < 4.78 is 5.94. The topological polar surface area (TPSA) is 95.9 Å². The van der Waals surface area contributed by atoms with Crippen LogP contribution in [0.15, 0.2) is 12.2 Å². The van der Waals surface area contributed by atoms with E-state index in [0.717, 1.165) is 57.8 Å². The molecule has 0 bridgehead atoms. The Morgan fingerprint density at radius 2 is 0.800 bits per heavy atom. The standard InChI is InChI=1S/C54H105NO5/c1-4-7-10-13-16-19-22-25-26-29-30-33-36-39-42-45-50(60-54(59)47-44-41-38-35-32-28-24-21-18-15-12-9-6-3)48-53(58)55-51(49-56)52(57)46-43-40-37-34-31-27-23-20-17-14-11-8-5-2/h25-26,50-52,56-57H,4-24,27-49H2,1-3H3,(H,55,58)/b26-25+. The van der Waals surface area contributed by atoms with Crippen molar-refractivity contribution in [1.82, 2.24) is 5.32 Å². The molecule has 0 aromatic rings. The zero-order valence-corrected chi connectivity index (χ0v) is 40.6. The SMILES string of the molecule is CCCCCCCC/C=C/CCCCCCCC(CC(=O)NC(CO)C(O)CCCCCCCCCCCCCCC)OC(=O)CCCCCCCCCCCCCCC. The zero-order chi connectivity index (χ0) is 43.8. The van der Waals surface area contributed by atoms with E-state index in [9.17, 15) is 19.8 Å². The van der Waals surface area contributed by atoms with Gasteiger partial charge in [0.25, 0.3) is 0 Å². The van der Waals surface area contributed by atoms with Gasteiger partial charge >= 0.3 is 5.97 Å². The van der Waals surface area contributed by atoms with Crippen LogP contribution in [0.5, 0.6) is 0 Å². The van der Waals surface area contributed by atoms with Crippen LogP contribution >= 0.6 is 0 Å². The first-order valence-corrected chi connectivity index (χ1v) is 26.9. The van der Waals surface area contributed by atoms with Gasteiger partial charge in [-0.15, -0.1) is 0 Å². The number of nitrogens with one attached hydrogen (secondary N) is 1. The first-order chi connectivity index (χ1) is 29.5. The fourth-order valence-corrected chi connectivity index (χ4v) is 8.49. The molecule has 1 amide bonds. The third-order valence-corrected chi connectivity index (χ3v) is 12.6. The summed E-state index contributed by atoms with van der Waals surface area (Å²) in [6, 6.07) is -0.697. The minimum absolute atomic E-state index is 0.0791. The molecule has 0 aliphatic rings. The van der Waals surface area contributed by atoms with Crippen molar-refractivity contribution in [2.45, 2.75) is 315 Å². The van der Waals surface area contributed by atoms with Gasteiger partial charge in [0.15, 0.2) is 0 Å². The van der Waals surface area contributed by atoms with E-state index in [1.165, 1.54) is 193 Å². The van der Waals surface area contributed by atoms with Crippen LogP contribution in [-0.2, 0) is 14.3 Å². The number of carbonyl (C=O) groups excluding carboxylic acids is 2. The zero-order valence-electron chi connectivity index (χ0n) is 40.6. The van der Waals surface area contributed by atoms with E-state index in [1.54, 1.807) is 0 Å². The van der Waals surface area contributed by atoms with E-state index in [0.29, 0.717) is 19.3 Å². The molecule has 0 saturated carbocycles. The molecule has 0 fully saturated rings. The lowest BCUT2D eigenvalue weighted by Gasteiger charge is -2.24. The first kappa shape index (κ1) is 58.6. The number of amides is 1.